The second-order valence-electron chi connectivity index (χ2n) is 3.58. The maximum atomic E-state index is 8.57. The van der Waals surface area contributed by atoms with E-state index in [4.69, 9.17) is 14.9 Å². The topological polar surface area (TPSA) is 58.9 Å². The van der Waals surface area contributed by atoms with Crippen LogP contribution in [0.3, 0.4) is 0 Å². The summed E-state index contributed by atoms with van der Waals surface area (Å²) in [6, 6.07) is 0. The predicted octanol–water partition coefficient (Wildman–Crippen LogP) is -0.260. The highest BCUT2D eigenvalue weighted by atomic mass is 16.6. The lowest BCUT2D eigenvalue weighted by Crippen LogP contribution is -2.42. The Labute approximate surface area is 72.1 Å². The molecule has 2 heterocycles. The van der Waals surface area contributed by atoms with Crippen LogP contribution >= 0.6 is 0 Å². The summed E-state index contributed by atoms with van der Waals surface area (Å²) in [6.45, 7) is 4.46. The van der Waals surface area contributed by atoms with E-state index in [1.807, 2.05) is 6.92 Å². The third kappa shape index (κ3) is 2.71. The Hall–Kier alpha value is -0.160. The maximum Gasteiger partial charge on any atom is 0.156 e. The molecule has 0 radical (unpaired) electrons. The van der Waals surface area contributed by atoms with Gasteiger partial charge in [0.2, 0.25) is 0 Å². The van der Waals surface area contributed by atoms with Crippen LogP contribution in [0.1, 0.15) is 13.3 Å². The van der Waals surface area contributed by atoms with Crippen molar-refractivity contribution in [2.75, 3.05) is 26.4 Å². The van der Waals surface area contributed by atoms with Gasteiger partial charge < -0.3 is 19.7 Å². The minimum absolute atomic E-state index is 0.0972. The van der Waals surface area contributed by atoms with Crippen LogP contribution < -0.4 is 0 Å². The zero-order valence-corrected chi connectivity index (χ0v) is 7.32. The summed E-state index contributed by atoms with van der Waals surface area (Å²) in [5, 5.41) is 16.8. The summed E-state index contributed by atoms with van der Waals surface area (Å²) >= 11 is 0. The van der Waals surface area contributed by atoms with Gasteiger partial charge >= 0.3 is 0 Å². The second-order valence-corrected chi connectivity index (χ2v) is 3.58. The van der Waals surface area contributed by atoms with E-state index in [1.165, 1.54) is 0 Å². The van der Waals surface area contributed by atoms with E-state index in [0.717, 1.165) is 26.2 Å². The Bertz CT molecular complexity index is 124. The van der Waals surface area contributed by atoms with E-state index in [1.54, 1.807) is 0 Å². The number of hydrogen-bond donors (Lipinski definition) is 2. The smallest absolute Gasteiger partial charge is 0.156 e. The molecule has 2 aliphatic rings. The molecule has 12 heavy (non-hydrogen) atoms. The van der Waals surface area contributed by atoms with Gasteiger partial charge in [-0.15, -0.1) is 0 Å². The van der Waals surface area contributed by atoms with Gasteiger partial charge in [-0.1, -0.05) is 6.92 Å². The molecule has 2 rings (SSSR count). The summed E-state index contributed by atoms with van der Waals surface area (Å²) < 4.78 is 9.35. The fourth-order valence-corrected chi connectivity index (χ4v) is 0.765. The summed E-state index contributed by atoms with van der Waals surface area (Å²) in [6.07, 6.45) is 0.384. The van der Waals surface area contributed by atoms with Crippen LogP contribution in [0, 0.1) is 5.41 Å². The van der Waals surface area contributed by atoms with Gasteiger partial charge in [-0.2, -0.15) is 0 Å². The average molecular weight is 176 g/mol. The minimum atomic E-state index is -0.435. The largest absolute Gasteiger partial charge is 0.396 e. The van der Waals surface area contributed by atoms with Crippen molar-refractivity contribution >= 4 is 0 Å². The summed E-state index contributed by atoms with van der Waals surface area (Å²) in [5.74, 6) is 0. The van der Waals surface area contributed by atoms with Crippen molar-refractivity contribution in [2.45, 2.75) is 19.6 Å². The van der Waals surface area contributed by atoms with Gasteiger partial charge in [0, 0.05) is 11.8 Å². The van der Waals surface area contributed by atoms with Crippen LogP contribution in [0.5, 0.6) is 0 Å². The van der Waals surface area contributed by atoms with E-state index in [0.29, 0.717) is 0 Å². The molecule has 0 aromatic carbocycles. The van der Waals surface area contributed by atoms with Gasteiger partial charge in [-0.25, -0.2) is 0 Å². The van der Waals surface area contributed by atoms with Gasteiger partial charge in [0.25, 0.3) is 0 Å². The van der Waals surface area contributed by atoms with E-state index in [2.05, 4.69) is 4.74 Å². The average Bonchev–Trinajstić information content (AvgIpc) is 1.98. The maximum absolute atomic E-state index is 8.57. The van der Waals surface area contributed by atoms with Crippen molar-refractivity contribution in [2.24, 2.45) is 5.41 Å². The van der Waals surface area contributed by atoms with Crippen molar-refractivity contribution in [3.8, 4) is 0 Å². The zero-order valence-electron chi connectivity index (χ0n) is 7.32. The van der Waals surface area contributed by atoms with Crippen molar-refractivity contribution < 1.29 is 19.7 Å². The Kier molecular flexibility index (Phi) is 3.46. The molecule has 0 spiro atoms. The van der Waals surface area contributed by atoms with E-state index >= 15 is 0 Å². The number of aliphatic hydroxyl groups is 2. The fourth-order valence-electron chi connectivity index (χ4n) is 0.765. The van der Waals surface area contributed by atoms with Crippen molar-refractivity contribution in [3.63, 3.8) is 0 Å². The normalized spacial score (nSPS) is 30.8. The second kappa shape index (κ2) is 4.18. The summed E-state index contributed by atoms with van der Waals surface area (Å²) in [4.78, 5) is 0. The molecule has 1 atom stereocenters. The predicted molar refractivity (Wildman–Crippen MR) is 42.6 cm³/mol. The van der Waals surface area contributed by atoms with E-state index in [9.17, 15) is 0 Å². The van der Waals surface area contributed by atoms with E-state index in [-0.39, 0.29) is 12.0 Å². The molecule has 0 saturated carbocycles. The first-order chi connectivity index (χ1) is 5.66. The van der Waals surface area contributed by atoms with Gasteiger partial charge in [-0.3, -0.25) is 0 Å². The first kappa shape index (κ1) is 9.92. The van der Waals surface area contributed by atoms with Crippen molar-refractivity contribution in [3.05, 3.63) is 0 Å². The number of aliphatic hydroxyl groups excluding tert-OH is 2. The molecule has 0 aromatic rings. The summed E-state index contributed by atoms with van der Waals surface area (Å²) in [7, 11) is 0. The Morgan fingerprint density at radius 2 is 2.00 bits per heavy atom. The standard InChI is InChI=1S/C5H10O2.C3H6O2/c1-5(2-6)3-7-4-5;4-3-1-2-5-3/h6H,2-4H2,1H3;3-4H,1-2H2. The minimum Gasteiger partial charge on any atom is -0.396 e. The van der Waals surface area contributed by atoms with Crippen LogP contribution in [0.25, 0.3) is 0 Å². The number of ether oxygens (including phenoxy) is 2. The quantitative estimate of drug-likeness (QED) is 0.578. The molecule has 4 nitrogen and oxygen atoms in total. The highest BCUT2D eigenvalue weighted by molar-refractivity contribution is 4.78. The third-order valence-corrected chi connectivity index (χ3v) is 1.96. The zero-order chi connectivity index (χ0) is 9.03. The Balaban J connectivity index is 0.000000127. The van der Waals surface area contributed by atoms with Gasteiger partial charge in [-0.05, 0) is 0 Å². The molecule has 72 valence electrons. The number of hydrogen-bond acceptors (Lipinski definition) is 4. The molecule has 2 N–H and O–H groups in total. The van der Waals surface area contributed by atoms with Crippen LogP contribution in [-0.4, -0.2) is 42.9 Å². The lowest BCUT2D eigenvalue weighted by Gasteiger charge is -2.35. The first-order valence-electron chi connectivity index (χ1n) is 4.15. The highest BCUT2D eigenvalue weighted by Gasteiger charge is 2.31. The molecular weight excluding hydrogens is 160 g/mol. The molecule has 4 heteroatoms. The fraction of sp³-hybridized carbons (Fsp3) is 1.00. The SMILES string of the molecule is CC1(CO)COC1.OC1CCO1. The first-order valence-corrected chi connectivity index (χ1v) is 4.15. The van der Waals surface area contributed by atoms with Crippen LogP contribution in [0.2, 0.25) is 0 Å². The molecule has 0 aliphatic carbocycles. The molecule has 2 saturated heterocycles. The van der Waals surface area contributed by atoms with Crippen molar-refractivity contribution in [1.29, 1.82) is 0 Å². The van der Waals surface area contributed by atoms with Crippen LogP contribution in [0.15, 0.2) is 0 Å². The molecule has 2 fully saturated rings. The molecule has 0 aromatic heterocycles. The number of rotatable bonds is 1. The van der Waals surface area contributed by atoms with Gasteiger partial charge in [0.05, 0.1) is 26.4 Å². The monoisotopic (exact) mass is 176 g/mol. The molecule has 1 unspecified atom stereocenters. The highest BCUT2D eigenvalue weighted by Crippen LogP contribution is 2.24. The molecule has 0 bridgehead atoms. The molecule has 0 amide bonds. The lowest BCUT2D eigenvalue weighted by atomic mass is 9.90. The van der Waals surface area contributed by atoms with Gasteiger partial charge in [0.15, 0.2) is 6.29 Å². The van der Waals surface area contributed by atoms with Crippen LogP contribution in [-0.2, 0) is 9.47 Å². The molecule has 2 aliphatic heterocycles. The Morgan fingerprint density at radius 1 is 1.50 bits per heavy atom. The van der Waals surface area contributed by atoms with Crippen molar-refractivity contribution in [1.82, 2.24) is 0 Å². The Morgan fingerprint density at radius 3 is 2.00 bits per heavy atom. The lowest BCUT2D eigenvalue weighted by molar-refractivity contribution is -0.182. The van der Waals surface area contributed by atoms with E-state index < -0.39 is 6.29 Å². The van der Waals surface area contributed by atoms with Crippen LogP contribution in [0.4, 0.5) is 0 Å². The van der Waals surface area contributed by atoms with Gasteiger partial charge in [0.1, 0.15) is 0 Å². The molecular formula is C8H16O4. The third-order valence-electron chi connectivity index (χ3n) is 1.96. The summed E-state index contributed by atoms with van der Waals surface area (Å²) in [5.41, 5.74) is 0.0972.